The van der Waals surface area contributed by atoms with Gasteiger partial charge < -0.3 is 34.8 Å². The molecule has 302 valence electrons. The summed E-state index contributed by atoms with van der Waals surface area (Å²) >= 11 is 0. The Balaban J connectivity index is 4.65. The number of aliphatic hydroxyl groups is 4. The van der Waals surface area contributed by atoms with Crippen LogP contribution in [0.1, 0.15) is 130 Å². The molecule has 5 N–H and O–H groups in total. The highest BCUT2D eigenvalue weighted by Crippen LogP contribution is 2.43. The highest BCUT2D eigenvalue weighted by Gasteiger charge is 2.27. The minimum atomic E-state index is -4.69. The number of carbonyl (C=O) groups is 2. The maximum atomic E-state index is 12.6. The van der Waals surface area contributed by atoms with E-state index < -0.39 is 70.6 Å². The molecule has 0 spiro atoms. The van der Waals surface area contributed by atoms with E-state index in [1.165, 1.54) is 25.7 Å². The third kappa shape index (κ3) is 32.5. The van der Waals surface area contributed by atoms with Crippen LogP contribution in [0.4, 0.5) is 0 Å². The van der Waals surface area contributed by atoms with E-state index in [9.17, 15) is 34.4 Å². The number of unbranched alkanes of at least 4 members (excludes halogenated alkanes) is 6. The SMILES string of the molecule is CC/C=C\C/C=C\C/C=C\C/C=C\C[C@@H](O)[C@H](O)CCCC(=O)O[C@H](COC(=O)CCCCCCCCCC(C)C)COP(=O)(O)OC[C@@H](O)CO. The van der Waals surface area contributed by atoms with Gasteiger partial charge in [-0.1, -0.05) is 114 Å². The summed E-state index contributed by atoms with van der Waals surface area (Å²) in [6.45, 7) is 4.13. The number of phosphoric acid groups is 1. The van der Waals surface area contributed by atoms with E-state index >= 15 is 0 Å². The van der Waals surface area contributed by atoms with Crippen LogP contribution < -0.4 is 0 Å². The maximum absolute atomic E-state index is 12.6. The van der Waals surface area contributed by atoms with Crippen LogP contribution >= 0.6 is 7.82 Å². The Morgan fingerprint density at radius 1 is 0.654 bits per heavy atom. The summed E-state index contributed by atoms with van der Waals surface area (Å²) in [5.74, 6) is -0.499. The largest absolute Gasteiger partial charge is 0.472 e. The average Bonchev–Trinajstić information content (AvgIpc) is 3.11. The van der Waals surface area contributed by atoms with Crippen molar-refractivity contribution in [2.24, 2.45) is 5.92 Å². The third-order valence-corrected chi connectivity index (χ3v) is 8.83. The molecule has 0 aliphatic rings. The summed E-state index contributed by atoms with van der Waals surface area (Å²) in [6, 6.07) is 0. The average molecular weight is 761 g/mol. The van der Waals surface area contributed by atoms with Gasteiger partial charge in [0.25, 0.3) is 0 Å². The number of carbonyl (C=O) groups excluding carboxylic acids is 2. The van der Waals surface area contributed by atoms with Crippen LogP contribution in [-0.2, 0) is 32.7 Å². The quantitative estimate of drug-likeness (QED) is 0.0193. The first-order chi connectivity index (χ1) is 24.9. The maximum Gasteiger partial charge on any atom is 0.472 e. The normalized spacial score (nSPS) is 15.9. The zero-order valence-corrected chi connectivity index (χ0v) is 32.8. The van der Waals surface area contributed by atoms with Gasteiger partial charge in [-0.2, -0.15) is 0 Å². The Kier molecular flexibility index (Phi) is 32.0. The molecule has 0 aliphatic carbocycles. The van der Waals surface area contributed by atoms with Gasteiger partial charge in [0.15, 0.2) is 6.10 Å². The first kappa shape index (κ1) is 49.9. The predicted molar refractivity (Wildman–Crippen MR) is 203 cm³/mol. The van der Waals surface area contributed by atoms with Gasteiger partial charge in [0.2, 0.25) is 0 Å². The summed E-state index contributed by atoms with van der Waals surface area (Å²) in [4.78, 5) is 34.8. The summed E-state index contributed by atoms with van der Waals surface area (Å²) in [5, 5.41) is 38.9. The van der Waals surface area contributed by atoms with Crippen molar-refractivity contribution < 1.29 is 58.0 Å². The Hall–Kier alpha value is -2.15. The topological polar surface area (TPSA) is 189 Å². The molecule has 52 heavy (non-hydrogen) atoms. The number of aliphatic hydroxyl groups excluding tert-OH is 4. The van der Waals surface area contributed by atoms with Gasteiger partial charge in [0.1, 0.15) is 12.7 Å². The van der Waals surface area contributed by atoms with Crippen LogP contribution in [0.15, 0.2) is 48.6 Å². The van der Waals surface area contributed by atoms with Gasteiger partial charge in [-0.25, -0.2) is 4.57 Å². The molecule has 0 aromatic heterocycles. The van der Waals surface area contributed by atoms with Crippen LogP contribution in [-0.4, -0.2) is 88.1 Å². The third-order valence-electron chi connectivity index (χ3n) is 7.88. The number of hydrogen-bond acceptors (Lipinski definition) is 11. The Morgan fingerprint density at radius 2 is 1.19 bits per heavy atom. The zero-order valence-electron chi connectivity index (χ0n) is 31.9. The second-order valence-corrected chi connectivity index (χ2v) is 14.8. The van der Waals surface area contributed by atoms with Gasteiger partial charge in [-0.15, -0.1) is 0 Å². The minimum absolute atomic E-state index is 0.130. The summed E-state index contributed by atoms with van der Waals surface area (Å²) in [5.41, 5.74) is 0. The monoisotopic (exact) mass is 760 g/mol. The fourth-order valence-electron chi connectivity index (χ4n) is 4.79. The fourth-order valence-corrected chi connectivity index (χ4v) is 5.58. The molecular formula is C39H69O12P. The van der Waals surface area contributed by atoms with Crippen LogP contribution in [0.25, 0.3) is 0 Å². The molecule has 0 aromatic rings. The fraction of sp³-hybridized carbons (Fsp3) is 0.744. The van der Waals surface area contributed by atoms with Crippen molar-refractivity contribution in [3.63, 3.8) is 0 Å². The highest BCUT2D eigenvalue weighted by atomic mass is 31.2. The van der Waals surface area contributed by atoms with Gasteiger partial charge in [0, 0.05) is 12.8 Å². The summed E-state index contributed by atoms with van der Waals surface area (Å²) in [7, 11) is -4.69. The zero-order chi connectivity index (χ0) is 38.9. The van der Waals surface area contributed by atoms with Gasteiger partial charge >= 0.3 is 19.8 Å². The molecule has 0 amide bonds. The molecule has 0 fully saturated rings. The molecule has 0 bridgehead atoms. The Morgan fingerprint density at radius 3 is 1.79 bits per heavy atom. The van der Waals surface area contributed by atoms with Crippen LogP contribution in [0, 0.1) is 5.92 Å². The smallest absolute Gasteiger partial charge is 0.462 e. The molecule has 0 rings (SSSR count). The van der Waals surface area contributed by atoms with Crippen LogP contribution in [0.2, 0.25) is 0 Å². The lowest BCUT2D eigenvalue weighted by Gasteiger charge is -2.20. The lowest BCUT2D eigenvalue weighted by atomic mass is 10.0. The van der Waals surface area contributed by atoms with Crippen molar-refractivity contribution in [3.8, 4) is 0 Å². The van der Waals surface area contributed by atoms with E-state index in [0.717, 1.165) is 44.4 Å². The number of ether oxygens (including phenoxy) is 2. The number of esters is 2. The molecular weight excluding hydrogens is 691 g/mol. The van der Waals surface area contributed by atoms with Crippen molar-refractivity contribution in [1.82, 2.24) is 0 Å². The predicted octanol–water partition coefficient (Wildman–Crippen LogP) is 7.18. The molecule has 0 saturated heterocycles. The summed E-state index contributed by atoms with van der Waals surface area (Å²) in [6.07, 6.45) is 24.3. The first-order valence-electron chi connectivity index (χ1n) is 19.1. The van der Waals surface area contributed by atoms with E-state index in [1.807, 2.05) is 12.2 Å². The second kappa shape index (κ2) is 33.4. The van der Waals surface area contributed by atoms with Crippen molar-refractivity contribution in [2.45, 2.75) is 154 Å². The van der Waals surface area contributed by atoms with E-state index in [2.05, 4.69) is 55.7 Å². The Bertz CT molecular complexity index is 1060. The molecule has 0 radical (unpaired) electrons. The molecule has 0 saturated carbocycles. The van der Waals surface area contributed by atoms with E-state index in [0.29, 0.717) is 12.8 Å². The molecule has 5 atom stereocenters. The molecule has 12 nitrogen and oxygen atoms in total. The lowest BCUT2D eigenvalue weighted by molar-refractivity contribution is -0.161. The molecule has 0 aliphatic heterocycles. The van der Waals surface area contributed by atoms with E-state index in [-0.39, 0.29) is 32.1 Å². The van der Waals surface area contributed by atoms with Crippen LogP contribution in [0.5, 0.6) is 0 Å². The number of hydrogen-bond donors (Lipinski definition) is 5. The number of phosphoric ester groups is 1. The molecule has 13 heteroatoms. The standard InChI is InChI=1S/C39H69O12P/c1-4-5-6-7-8-9-10-11-12-15-18-21-25-36(42)37(43)26-23-28-39(45)51-35(32-50-52(46,47)49-30-34(41)29-40)31-48-38(44)27-22-19-16-13-14-17-20-24-33(2)3/h5-6,8-9,11-12,18,21,33-37,40-43H,4,7,10,13-17,19-20,22-32H2,1-3H3,(H,46,47)/b6-5-,9-8-,12-11-,21-18-/t34-,35+,36+,37+/m0/s1. The number of rotatable bonds is 34. The highest BCUT2D eigenvalue weighted by molar-refractivity contribution is 7.47. The van der Waals surface area contributed by atoms with Gasteiger partial charge in [-0.05, 0) is 57.3 Å². The van der Waals surface area contributed by atoms with Crippen molar-refractivity contribution in [1.29, 1.82) is 0 Å². The van der Waals surface area contributed by atoms with Crippen molar-refractivity contribution in [3.05, 3.63) is 48.6 Å². The Labute approximate surface area is 312 Å². The first-order valence-corrected chi connectivity index (χ1v) is 20.6. The van der Waals surface area contributed by atoms with Gasteiger partial charge in [0.05, 0.1) is 32.0 Å². The lowest BCUT2D eigenvalue weighted by Crippen LogP contribution is -2.30. The number of allylic oxidation sites excluding steroid dienone is 7. The molecule has 0 aromatic carbocycles. The van der Waals surface area contributed by atoms with Crippen molar-refractivity contribution in [2.75, 3.05) is 26.4 Å². The summed E-state index contributed by atoms with van der Waals surface area (Å²) < 4.78 is 32.3. The molecule has 1 unspecified atom stereocenters. The molecule has 0 heterocycles. The minimum Gasteiger partial charge on any atom is -0.462 e. The van der Waals surface area contributed by atoms with Crippen LogP contribution in [0.3, 0.4) is 0 Å². The van der Waals surface area contributed by atoms with E-state index in [4.69, 9.17) is 19.1 Å². The van der Waals surface area contributed by atoms with Gasteiger partial charge in [-0.3, -0.25) is 18.6 Å². The second-order valence-electron chi connectivity index (χ2n) is 13.4. The van der Waals surface area contributed by atoms with Crippen molar-refractivity contribution >= 4 is 19.8 Å². The van der Waals surface area contributed by atoms with E-state index in [1.54, 1.807) is 6.08 Å².